The average molecular weight is 376 g/mol. The summed E-state index contributed by atoms with van der Waals surface area (Å²) in [6.45, 7) is 7.89. The quantitative estimate of drug-likeness (QED) is 0.377. The van der Waals surface area contributed by atoms with E-state index in [1.54, 1.807) is 20.8 Å². The monoisotopic (exact) mass is 375 g/mol. The summed E-state index contributed by atoms with van der Waals surface area (Å²) < 4.78 is 4.65. The number of alkyl carbamates (subject to hydrolysis) is 1. The number of amides is 3. The Morgan fingerprint density at radius 1 is 1.36 bits per heavy atom. The molecule has 0 spiro atoms. The number of imide groups is 1. The zero-order valence-electron chi connectivity index (χ0n) is 15.6. The second-order valence-electron chi connectivity index (χ2n) is 7.65. The van der Waals surface area contributed by atoms with Gasteiger partial charge in [-0.3, -0.25) is 0 Å². The summed E-state index contributed by atoms with van der Waals surface area (Å²) in [6.07, 6.45) is 0.940. The fourth-order valence-electron chi connectivity index (χ4n) is 3.25. The second kappa shape index (κ2) is 8.89. The lowest BCUT2D eigenvalue weighted by atomic mass is 10.0. The van der Waals surface area contributed by atoms with Crippen molar-refractivity contribution >= 4 is 30.7 Å². The van der Waals surface area contributed by atoms with E-state index in [0.717, 1.165) is 12.8 Å². The Bertz CT molecular complexity index is 506. The fraction of sp³-hybridized carbons (Fsp3) is 0.824. The normalized spacial score (nSPS) is 24.6. The lowest BCUT2D eigenvalue weighted by molar-refractivity contribution is -0.794. The molecule has 0 aromatic carbocycles. The van der Waals surface area contributed by atoms with E-state index in [9.17, 15) is 19.5 Å². The topological polar surface area (TPSA) is 92.7 Å². The molecule has 1 saturated heterocycles. The number of likely N-dealkylation sites (tertiary alicyclic amines) is 1. The zero-order chi connectivity index (χ0) is 19.3. The van der Waals surface area contributed by atoms with Gasteiger partial charge in [0, 0.05) is 25.1 Å². The summed E-state index contributed by atoms with van der Waals surface area (Å²) in [7, 11) is 0. The maximum absolute atomic E-state index is 12.9. The van der Waals surface area contributed by atoms with E-state index in [1.807, 2.05) is 6.92 Å². The number of rotatable bonds is 6. The van der Waals surface area contributed by atoms with Crippen LogP contribution in [0.4, 0.5) is 9.59 Å². The molecule has 8 heteroatoms. The predicted octanol–water partition coefficient (Wildman–Crippen LogP) is 3.04. The van der Waals surface area contributed by atoms with Gasteiger partial charge in [0.1, 0.15) is 11.6 Å². The van der Waals surface area contributed by atoms with Crippen molar-refractivity contribution in [2.24, 2.45) is 5.92 Å². The van der Waals surface area contributed by atoms with Crippen LogP contribution in [0.25, 0.3) is 0 Å². The highest BCUT2D eigenvalue weighted by Gasteiger charge is 2.54. The van der Waals surface area contributed by atoms with Gasteiger partial charge in [0.25, 0.3) is 0 Å². The number of carboxylic acid groups (broad SMARTS) is 1. The molecule has 0 bridgehead atoms. The van der Waals surface area contributed by atoms with Crippen LogP contribution in [0, 0.1) is 5.92 Å². The molecular weight excluding hydrogens is 344 g/mol. The molecule has 3 amide bonds. The first-order valence-electron chi connectivity index (χ1n) is 8.78. The Hall–Kier alpha value is -1.28. The maximum Gasteiger partial charge on any atom is 0.521 e. The lowest BCUT2D eigenvalue weighted by Gasteiger charge is -2.32. The molecule has 1 aliphatic heterocycles. The summed E-state index contributed by atoms with van der Waals surface area (Å²) in [5.74, 6) is -0.421. The molecule has 7 nitrogen and oxygen atoms in total. The summed E-state index contributed by atoms with van der Waals surface area (Å²) >= 11 is 4.25. The molecule has 1 aliphatic rings. The molecular formula is C17H31N2O5S+. The van der Waals surface area contributed by atoms with Crippen molar-refractivity contribution in [3.8, 4) is 0 Å². The van der Waals surface area contributed by atoms with Crippen molar-refractivity contribution in [3.05, 3.63) is 0 Å². The molecule has 1 fully saturated rings. The van der Waals surface area contributed by atoms with Crippen LogP contribution in [0.3, 0.4) is 0 Å². The molecule has 2 N–H and O–H groups in total. The van der Waals surface area contributed by atoms with Crippen LogP contribution in [0.15, 0.2) is 0 Å². The molecule has 144 valence electrons. The van der Waals surface area contributed by atoms with E-state index in [4.69, 9.17) is 4.74 Å². The number of thiol groups is 1. The summed E-state index contributed by atoms with van der Waals surface area (Å²) in [6, 6.07) is -0.215. The largest absolute Gasteiger partial charge is 0.521 e. The van der Waals surface area contributed by atoms with Crippen LogP contribution < -0.4 is 5.32 Å². The number of carbonyl (C=O) groups is 3. The molecule has 25 heavy (non-hydrogen) atoms. The summed E-state index contributed by atoms with van der Waals surface area (Å²) in [5, 5.41) is 12.3. The van der Waals surface area contributed by atoms with Crippen molar-refractivity contribution in [3.63, 3.8) is 0 Å². The Morgan fingerprint density at radius 2 is 2.00 bits per heavy atom. The van der Waals surface area contributed by atoms with Crippen LogP contribution in [0.1, 0.15) is 53.4 Å². The SMILES string of the molecule is C[C@@H]1CCC[N+]1(C(=O)O)C(=O)C(CS)CCCNC(=O)OC(C)(C)C. The molecule has 1 rings (SSSR count). The smallest absolute Gasteiger partial charge is 0.444 e. The highest BCUT2D eigenvalue weighted by Crippen LogP contribution is 2.31. The van der Waals surface area contributed by atoms with Gasteiger partial charge in [-0.1, -0.05) is 0 Å². The predicted molar refractivity (Wildman–Crippen MR) is 97.7 cm³/mol. The Balaban J connectivity index is 2.57. The number of nitrogens with zero attached hydrogens (tertiary/aromatic N) is 1. The maximum atomic E-state index is 12.9. The van der Waals surface area contributed by atoms with E-state index in [1.165, 1.54) is 0 Å². The first-order chi connectivity index (χ1) is 11.5. The first-order valence-corrected chi connectivity index (χ1v) is 9.41. The molecule has 3 atom stereocenters. The minimum atomic E-state index is -1.08. The number of ether oxygens (including phenoxy) is 1. The van der Waals surface area contributed by atoms with Gasteiger partial charge in [-0.2, -0.15) is 21.9 Å². The van der Waals surface area contributed by atoms with Crippen molar-refractivity contribution in [2.75, 3.05) is 18.8 Å². The van der Waals surface area contributed by atoms with Crippen molar-refractivity contribution in [1.29, 1.82) is 0 Å². The van der Waals surface area contributed by atoms with Crippen molar-refractivity contribution < 1.29 is 28.7 Å². The van der Waals surface area contributed by atoms with Gasteiger partial charge < -0.3 is 15.2 Å². The van der Waals surface area contributed by atoms with Crippen LogP contribution in [0.5, 0.6) is 0 Å². The average Bonchev–Trinajstić information content (AvgIpc) is 2.87. The summed E-state index contributed by atoms with van der Waals surface area (Å²) in [4.78, 5) is 36.3. The van der Waals surface area contributed by atoms with Crippen molar-refractivity contribution in [2.45, 2.75) is 65.0 Å². The third kappa shape index (κ3) is 5.60. The minimum absolute atomic E-state index is 0.215. The van der Waals surface area contributed by atoms with Crippen LogP contribution >= 0.6 is 12.6 Å². The number of hydrogen-bond acceptors (Lipinski definition) is 5. The number of nitrogens with one attached hydrogen (secondary N) is 1. The van der Waals surface area contributed by atoms with E-state index in [2.05, 4.69) is 17.9 Å². The first kappa shape index (κ1) is 21.8. The molecule has 0 radical (unpaired) electrons. The van der Waals surface area contributed by atoms with Gasteiger partial charge in [-0.25, -0.2) is 9.59 Å². The van der Waals surface area contributed by atoms with Crippen LogP contribution in [-0.2, 0) is 9.53 Å². The van der Waals surface area contributed by atoms with Crippen LogP contribution in [0.2, 0.25) is 0 Å². The fourth-order valence-corrected chi connectivity index (χ4v) is 3.59. The summed E-state index contributed by atoms with van der Waals surface area (Å²) in [5.41, 5.74) is -0.558. The second-order valence-corrected chi connectivity index (χ2v) is 8.02. The highest BCUT2D eigenvalue weighted by atomic mass is 32.1. The zero-order valence-corrected chi connectivity index (χ0v) is 16.5. The standard InChI is InChI=1S/C17H30N2O5S/c1-12-7-6-10-19(12,16(22)23)14(20)13(11-25)8-5-9-18-15(21)24-17(2,3)4/h12-13H,5-11H2,1-4H3,(H2-,18,21,22,23,25)/p+1/t12-,13?,19?/m1/s1. The highest BCUT2D eigenvalue weighted by molar-refractivity contribution is 7.80. The Kier molecular flexibility index (Phi) is 7.74. The van der Waals surface area contributed by atoms with Gasteiger partial charge in [-0.15, -0.1) is 0 Å². The Morgan fingerprint density at radius 3 is 2.44 bits per heavy atom. The molecule has 2 unspecified atom stereocenters. The molecule has 0 aromatic heterocycles. The van der Waals surface area contributed by atoms with Crippen LogP contribution in [-0.4, -0.2) is 58.2 Å². The number of hydrogen-bond donors (Lipinski definition) is 3. The third-order valence-corrected chi connectivity index (χ3v) is 5.03. The molecule has 0 aliphatic carbocycles. The van der Waals surface area contributed by atoms with Gasteiger partial charge in [0.15, 0.2) is 0 Å². The Labute approximate surface area is 155 Å². The van der Waals surface area contributed by atoms with E-state index in [0.29, 0.717) is 31.7 Å². The molecule has 0 aromatic rings. The third-order valence-electron chi connectivity index (χ3n) is 4.59. The molecule has 0 saturated carbocycles. The van der Waals surface area contributed by atoms with Crippen molar-refractivity contribution in [1.82, 2.24) is 5.32 Å². The van der Waals surface area contributed by atoms with Gasteiger partial charge in [0.05, 0.1) is 12.5 Å². The number of quaternary nitrogens is 1. The number of carbonyl (C=O) groups excluding carboxylic acids is 2. The minimum Gasteiger partial charge on any atom is -0.444 e. The molecule has 1 heterocycles. The van der Waals surface area contributed by atoms with Gasteiger partial charge in [0.2, 0.25) is 0 Å². The van der Waals surface area contributed by atoms with E-state index >= 15 is 0 Å². The van der Waals surface area contributed by atoms with E-state index < -0.39 is 28.2 Å². The van der Waals surface area contributed by atoms with Gasteiger partial charge >= 0.3 is 18.1 Å². The van der Waals surface area contributed by atoms with E-state index in [-0.39, 0.29) is 11.9 Å². The lowest BCUT2D eigenvalue weighted by Crippen LogP contribution is -2.60. The van der Waals surface area contributed by atoms with Gasteiger partial charge in [-0.05, 0) is 40.5 Å².